The van der Waals surface area contributed by atoms with Crippen molar-refractivity contribution < 1.29 is 9.94 Å². The van der Waals surface area contributed by atoms with Crippen molar-refractivity contribution in [2.45, 2.75) is 0 Å². The van der Waals surface area contributed by atoms with Gasteiger partial charge in [-0.25, -0.2) is 4.98 Å². The highest BCUT2D eigenvalue weighted by Gasteiger charge is 2.01. The van der Waals surface area contributed by atoms with Gasteiger partial charge in [-0.1, -0.05) is 23.4 Å². The van der Waals surface area contributed by atoms with Crippen LogP contribution in [-0.4, -0.2) is 16.0 Å². The van der Waals surface area contributed by atoms with Crippen molar-refractivity contribution in [1.29, 1.82) is 0 Å². The maximum absolute atomic E-state index is 8.48. The molecule has 0 unspecified atom stereocenters. The van der Waals surface area contributed by atoms with E-state index in [1.54, 1.807) is 12.1 Å². The molecule has 0 saturated heterocycles. The van der Waals surface area contributed by atoms with Gasteiger partial charge in [-0.05, 0) is 24.3 Å². The fraction of sp³-hybridized carbons (Fsp3) is 0. The van der Waals surface area contributed by atoms with Crippen molar-refractivity contribution in [3.8, 4) is 11.5 Å². The third kappa shape index (κ3) is 2.72. The summed E-state index contributed by atoms with van der Waals surface area (Å²) in [5.41, 5.74) is 5.79. The Balaban J connectivity index is 2.14. The van der Waals surface area contributed by atoms with Crippen LogP contribution in [0.25, 0.3) is 0 Å². The van der Waals surface area contributed by atoms with E-state index in [0.717, 1.165) is 5.75 Å². The molecule has 17 heavy (non-hydrogen) atoms. The molecule has 0 amide bonds. The zero-order valence-electron chi connectivity index (χ0n) is 8.95. The Bertz CT molecular complexity index is 509. The minimum absolute atomic E-state index is 0.0312. The molecule has 5 nitrogen and oxygen atoms in total. The molecule has 86 valence electrons. The molecule has 1 heterocycles. The SMILES string of the molecule is N/C(=N/O)c1ccc(Oc2ccccc2)cn1. The van der Waals surface area contributed by atoms with E-state index in [-0.39, 0.29) is 5.84 Å². The number of amidine groups is 1. The zero-order valence-corrected chi connectivity index (χ0v) is 8.95. The number of pyridine rings is 1. The largest absolute Gasteiger partial charge is 0.456 e. The third-order valence-corrected chi connectivity index (χ3v) is 2.09. The van der Waals surface area contributed by atoms with Gasteiger partial charge in [0.25, 0.3) is 0 Å². The van der Waals surface area contributed by atoms with Crippen molar-refractivity contribution in [1.82, 2.24) is 4.98 Å². The quantitative estimate of drug-likeness (QED) is 0.365. The summed E-state index contributed by atoms with van der Waals surface area (Å²) in [6, 6.07) is 12.7. The van der Waals surface area contributed by atoms with E-state index in [0.29, 0.717) is 11.4 Å². The van der Waals surface area contributed by atoms with Crippen LogP contribution in [0.4, 0.5) is 0 Å². The molecular weight excluding hydrogens is 218 g/mol. The lowest BCUT2D eigenvalue weighted by atomic mass is 10.3. The van der Waals surface area contributed by atoms with Gasteiger partial charge in [-0.2, -0.15) is 0 Å². The van der Waals surface area contributed by atoms with E-state index < -0.39 is 0 Å². The number of oxime groups is 1. The van der Waals surface area contributed by atoms with Crippen molar-refractivity contribution in [2.24, 2.45) is 10.9 Å². The Kier molecular flexibility index (Phi) is 3.20. The number of benzene rings is 1. The van der Waals surface area contributed by atoms with E-state index in [1.807, 2.05) is 30.3 Å². The zero-order chi connectivity index (χ0) is 12.1. The number of hydrogen-bond acceptors (Lipinski definition) is 4. The molecule has 1 aromatic heterocycles. The maximum atomic E-state index is 8.48. The molecule has 0 spiro atoms. The van der Waals surface area contributed by atoms with Gasteiger partial charge in [0.1, 0.15) is 17.2 Å². The van der Waals surface area contributed by atoms with Crippen LogP contribution >= 0.6 is 0 Å². The molecule has 2 aromatic rings. The molecule has 5 heteroatoms. The molecule has 0 aliphatic heterocycles. The van der Waals surface area contributed by atoms with Crippen LogP contribution in [0.3, 0.4) is 0 Å². The summed E-state index contributed by atoms with van der Waals surface area (Å²) in [5, 5.41) is 11.3. The second kappa shape index (κ2) is 4.98. The topological polar surface area (TPSA) is 80.7 Å². The van der Waals surface area contributed by atoms with Gasteiger partial charge < -0.3 is 15.7 Å². The Hall–Kier alpha value is -2.56. The van der Waals surface area contributed by atoms with Gasteiger partial charge in [-0.15, -0.1) is 0 Å². The van der Waals surface area contributed by atoms with Crippen LogP contribution in [0.2, 0.25) is 0 Å². The minimum atomic E-state index is -0.0312. The van der Waals surface area contributed by atoms with Gasteiger partial charge in [0.15, 0.2) is 5.84 Å². The summed E-state index contributed by atoms with van der Waals surface area (Å²) >= 11 is 0. The van der Waals surface area contributed by atoms with Crippen LogP contribution in [0.5, 0.6) is 11.5 Å². The normalized spacial score (nSPS) is 11.2. The molecule has 2 rings (SSSR count). The van der Waals surface area contributed by atoms with Gasteiger partial charge in [-0.3, -0.25) is 0 Å². The summed E-state index contributed by atoms with van der Waals surface area (Å²) in [6.07, 6.45) is 1.51. The van der Waals surface area contributed by atoms with Crippen LogP contribution in [0.15, 0.2) is 53.8 Å². The first kappa shape index (κ1) is 10.9. The fourth-order valence-electron chi connectivity index (χ4n) is 1.27. The monoisotopic (exact) mass is 229 g/mol. The molecule has 0 bridgehead atoms. The predicted molar refractivity (Wildman–Crippen MR) is 63.3 cm³/mol. The summed E-state index contributed by atoms with van der Waals surface area (Å²) in [5.74, 6) is 1.28. The highest BCUT2D eigenvalue weighted by Crippen LogP contribution is 2.19. The van der Waals surface area contributed by atoms with E-state index >= 15 is 0 Å². The third-order valence-electron chi connectivity index (χ3n) is 2.09. The molecule has 0 fully saturated rings. The first-order valence-electron chi connectivity index (χ1n) is 4.96. The number of nitrogens with two attached hydrogens (primary N) is 1. The highest BCUT2D eigenvalue weighted by molar-refractivity contribution is 5.95. The standard InChI is InChI=1S/C12H11N3O2/c13-12(15-16)11-7-6-10(8-14-11)17-9-4-2-1-3-5-9/h1-8,16H,(H2,13,15). The molecule has 0 saturated carbocycles. The van der Waals surface area contributed by atoms with Crippen molar-refractivity contribution >= 4 is 5.84 Å². The van der Waals surface area contributed by atoms with Gasteiger partial charge in [0.2, 0.25) is 0 Å². The Labute approximate surface area is 98.2 Å². The Morgan fingerprint density at radius 3 is 2.47 bits per heavy atom. The van der Waals surface area contributed by atoms with Gasteiger partial charge >= 0.3 is 0 Å². The number of rotatable bonds is 3. The number of ether oxygens (including phenoxy) is 1. The lowest BCUT2D eigenvalue weighted by molar-refractivity contribution is 0.318. The highest BCUT2D eigenvalue weighted by atomic mass is 16.5. The van der Waals surface area contributed by atoms with E-state index in [9.17, 15) is 0 Å². The Morgan fingerprint density at radius 1 is 1.12 bits per heavy atom. The average Bonchev–Trinajstić information content (AvgIpc) is 2.40. The van der Waals surface area contributed by atoms with Crippen LogP contribution in [-0.2, 0) is 0 Å². The van der Waals surface area contributed by atoms with Gasteiger partial charge in [0, 0.05) is 0 Å². The molecule has 0 atom stereocenters. The van der Waals surface area contributed by atoms with Crippen molar-refractivity contribution in [3.05, 3.63) is 54.4 Å². The van der Waals surface area contributed by atoms with Crippen molar-refractivity contribution in [2.75, 3.05) is 0 Å². The molecule has 0 aliphatic rings. The van der Waals surface area contributed by atoms with Crippen LogP contribution in [0.1, 0.15) is 5.69 Å². The fourth-order valence-corrected chi connectivity index (χ4v) is 1.27. The molecule has 3 N–H and O–H groups in total. The number of aromatic nitrogens is 1. The summed E-state index contributed by atoms with van der Waals surface area (Å²) in [4.78, 5) is 4.00. The second-order valence-electron chi connectivity index (χ2n) is 3.28. The van der Waals surface area contributed by atoms with E-state index in [2.05, 4.69) is 10.1 Å². The van der Waals surface area contributed by atoms with Gasteiger partial charge in [0.05, 0.1) is 6.20 Å². The van der Waals surface area contributed by atoms with E-state index in [1.165, 1.54) is 6.20 Å². The lowest BCUT2D eigenvalue weighted by Gasteiger charge is -2.05. The summed E-state index contributed by atoms with van der Waals surface area (Å²) < 4.78 is 5.54. The molecule has 0 radical (unpaired) electrons. The minimum Gasteiger partial charge on any atom is -0.456 e. The van der Waals surface area contributed by atoms with Crippen LogP contribution < -0.4 is 10.5 Å². The number of para-hydroxylation sites is 1. The first-order valence-corrected chi connectivity index (χ1v) is 4.96. The van der Waals surface area contributed by atoms with E-state index in [4.69, 9.17) is 15.7 Å². The average molecular weight is 229 g/mol. The second-order valence-corrected chi connectivity index (χ2v) is 3.28. The molecular formula is C12H11N3O2. The predicted octanol–water partition coefficient (Wildman–Crippen LogP) is 1.97. The number of hydrogen-bond donors (Lipinski definition) is 2. The maximum Gasteiger partial charge on any atom is 0.188 e. The summed E-state index contributed by atoms with van der Waals surface area (Å²) in [7, 11) is 0. The Morgan fingerprint density at radius 2 is 1.88 bits per heavy atom. The first-order chi connectivity index (χ1) is 8.29. The van der Waals surface area contributed by atoms with Crippen LogP contribution in [0, 0.1) is 0 Å². The lowest BCUT2D eigenvalue weighted by Crippen LogP contribution is -2.14. The number of nitrogens with zero attached hydrogens (tertiary/aromatic N) is 2. The molecule has 1 aromatic carbocycles. The smallest absolute Gasteiger partial charge is 0.188 e. The van der Waals surface area contributed by atoms with Crippen molar-refractivity contribution in [3.63, 3.8) is 0 Å². The molecule has 0 aliphatic carbocycles. The summed E-state index contributed by atoms with van der Waals surface area (Å²) in [6.45, 7) is 0.